The molecule has 8 nitrogen and oxygen atoms in total. The Labute approximate surface area is 198 Å². The van der Waals surface area contributed by atoms with E-state index in [0.29, 0.717) is 12.1 Å². The number of carbonyl (C=O) groups is 2. The van der Waals surface area contributed by atoms with Gasteiger partial charge in [0, 0.05) is 5.70 Å². The summed E-state index contributed by atoms with van der Waals surface area (Å²) in [6.07, 6.45) is 4.03. The Morgan fingerprint density at radius 2 is 1.66 bits per heavy atom. The molecular formula is C23H17F3N2O6S. The molecule has 0 aromatic heterocycles. The van der Waals surface area contributed by atoms with E-state index in [0.717, 1.165) is 29.2 Å². The zero-order valence-corrected chi connectivity index (χ0v) is 18.8. The molecule has 1 aliphatic heterocycles. The minimum atomic E-state index is -4.93. The molecule has 0 atom stereocenters. The minimum Gasteiger partial charge on any atom is -0.496 e. The Bertz CT molecular complexity index is 1390. The number of amides is 2. The molecule has 1 aliphatic carbocycles. The topological polar surface area (TPSA) is 102 Å². The van der Waals surface area contributed by atoms with Crippen molar-refractivity contribution in [3.05, 3.63) is 83.6 Å². The lowest BCUT2D eigenvalue weighted by Crippen LogP contribution is -2.28. The summed E-state index contributed by atoms with van der Waals surface area (Å²) in [4.78, 5) is 27.0. The van der Waals surface area contributed by atoms with Crippen molar-refractivity contribution >= 4 is 27.5 Å². The highest BCUT2D eigenvalue weighted by atomic mass is 32.2. The minimum absolute atomic E-state index is 0.0776. The number of nitrogens with zero attached hydrogens (tertiary/aromatic N) is 1. The van der Waals surface area contributed by atoms with Crippen LogP contribution in [0.2, 0.25) is 0 Å². The third kappa shape index (κ3) is 4.78. The number of nitrogens with one attached hydrogen (secondary N) is 1. The number of benzene rings is 2. The standard InChI is InChI=1S/C23H17F3N2O6S/c1-33-18-13-12-17(27-35(31,32)16-10-8-15(9-11-16)34-23(24,25)26)19-20(18)22(30)28(21(19)29)14-6-4-2-3-5-7-14/h2-4,6-13,27H,5H2,1H3. The first-order valence-corrected chi connectivity index (χ1v) is 11.5. The van der Waals surface area contributed by atoms with Gasteiger partial charge in [0.2, 0.25) is 0 Å². The summed E-state index contributed by atoms with van der Waals surface area (Å²) in [5.74, 6) is -1.96. The van der Waals surface area contributed by atoms with E-state index in [1.165, 1.54) is 19.2 Å². The predicted molar refractivity (Wildman–Crippen MR) is 118 cm³/mol. The summed E-state index contributed by atoms with van der Waals surface area (Å²) < 4.78 is 74.2. The molecule has 182 valence electrons. The molecule has 0 bridgehead atoms. The monoisotopic (exact) mass is 506 g/mol. The second-order valence-electron chi connectivity index (χ2n) is 7.29. The Morgan fingerprint density at radius 3 is 2.31 bits per heavy atom. The van der Waals surface area contributed by atoms with E-state index in [2.05, 4.69) is 9.46 Å². The average Bonchev–Trinajstić information content (AvgIpc) is 2.95. The van der Waals surface area contributed by atoms with Crippen LogP contribution in [0.25, 0.3) is 0 Å². The number of hydrogen-bond donors (Lipinski definition) is 1. The SMILES string of the molecule is COc1ccc(NS(=O)(=O)c2ccc(OC(F)(F)F)cc2)c2c1C(=O)N(C1=CCC=CC=C1)C2=O. The maximum Gasteiger partial charge on any atom is 0.573 e. The molecule has 2 aromatic rings. The fourth-order valence-corrected chi connectivity index (χ4v) is 4.65. The highest BCUT2D eigenvalue weighted by Crippen LogP contribution is 2.39. The highest BCUT2D eigenvalue weighted by Gasteiger charge is 2.42. The third-order valence-corrected chi connectivity index (χ3v) is 6.45. The first-order chi connectivity index (χ1) is 16.5. The van der Waals surface area contributed by atoms with Crippen molar-refractivity contribution in [2.75, 3.05) is 11.8 Å². The molecule has 0 saturated heterocycles. The van der Waals surface area contributed by atoms with Crippen molar-refractivity contribution in [2.45, 2.75) is 17.7 Å². The van der Waals surface area contributed by atoms with Crippen molar-refractivity contribution in [2.24, 2.45) is 0 Å². The van der Waals surface area contributed by atoms with E-state index in [1.807, 2.05) is 6.08 Å². The fraction of sp³-hybridized carbons (Fsp3) is 0.130. The normalized spacial score (nSPS) is 15.5. The van der Waals surface area contributed by atoms with Crippen LogP contribution in [-0.2, 0) is 10.0 Å². The van der Waals surface area contributed by atoms with Crippen molar-refractivity contribution in [3.8, 4) is 11.5 Å². The summed E-state index contributed by atoms with van der Waals surface area (Å²) in [5.41, 5.74) is -0.189. The molecule has 1 heterocycles. The number of anilines is 1. The third-order valence-electron chi connectivity index (χ3n) is 5.07. The van der Waals surface area contributed by atoms with Crippen LogP contribution in [0.5, 0.6) is 11.5 Å². The molecule has 0 fully saturated rings. The van der Waals surface area contributed by atoms with Gasteiger partial charge < -0.3 is 9.47 Å². The number of methoxy groups -OCH3 is 1. The second kappa shape index (κ2) is 8.95. The number of sulfonamides is 1. The summed E-state index contributed by atoms with van der Waals surface area (Å²) in [6.45, 7) is 0. The van der Waals surface area contributed by atoms with E-state index in [-0.39, 0.29) is 27.5 Å². The van der Waals surface area contributed by atoms with Crippen molar-refractivity contribution in [1.82, 2.24) is 4.90 Å². The van der Waals surface area contributed by atoms with Gasteiger partial charge in [-0.2, -0.15) is 0 Å². The Kier molecular flexibility index (Phi) is 6.15. The molecular weight excluding hydrogens is 489 g/mol. The van der Waals surface area contributed by atoms with Gasteiger partial charge in [-0.1, -0.05) is 24.3 Å². The lowest BCUT2D eigenvalue weighted by atomic mass is 10.1. The van der Waals surface area contributed by atoms with Crippen LogP contribution in [0.1, 0.15) is 27.1 Å². The number of alkyl halides is 3. The average molecular weight is 506 g/mol. The largest absolute Gasteiger partial charge is 0.573 e. The lowest BCUT2D eigenvalue weighted by molar-refractivity contribution is -0.274. The summed E-state index contributed by atoms with van der Waals surface area (Å²) >= 11 is 0. The van der Waals surface area contributed by atoms with E-state index < -0.39 is 33.9 Å². The second-order valence-corrected chi connectivity index (χ2v) is 8.97. The summed E-state index contributed by atoms with van der Waals surface area (Å²) in [5, 5.41) is 0. The molecule has 12 heteroatoms. The van der Waals surface area contributed by atoms with Gasteiger partial charge in [0.1, 0.15) is 11.5 Å². The molecule has 35 heavy (non-hydrogen) atoms. The highest BCUT2D eigenvalue weighted by molar-refractivity contribution is 7.92. The van der Waals surface area contributed by atoms with Gasteiger partial charge in [-0.15, -0.1) is 13.2 Å². The Morgan fingerprint density at radius 1 is 0.971 bits per heavy atom. The van der Waals surface area contributed by atoms with Crippen LogP contribution in [-0.4, -0.2) is 38.6 Å². The quantitative estimate of drug-likeness (QED) is 0.583. The summed E-state index contributed by atoms with van der Waals surface area (Å²) in [7, 11) is -3.05. The molecule has 1 N–H and O–H groups in total. The predicted octanol–water partition coefficient (Wildman–Crippen LogP) is 4.39. The first-order valence-electron chi connectivity index (χ1n) is 10.0. The molecule has 2 aromatic carbocycles. The van der Waals surface area contributed by atoms with Gasteiger partial charge in [-0.3, -0.25) is 14.3 Å². The van der Waals surface area contributed by atoms with Crippen LogP contribution in [0.15, 0.2) is 77.4 Å². The lowest BCUT2D eigenvalue weighted by Gasteiger charge is -2.15. The van der Waals surface area contributed by atoms with E-state index in [4.69, 9.17) is 4.74 Å². The molecule has 2 amide bonds. The first kappa shape index (κ1) is 24.1. The van der Waals surface area contributed by atoms with Gasteiger partial charge in [0.15, 0.2) is 0 Å². The molecule has 0 spiro atoms. The van der Waals surface area contributed by atoms with E-state index in [1.54, 1.807) is 24.3 Å². The van der Waals surface area contributed by atoms with E-state index in [9.17, 15) is 31.2 Å². The maximum atomic E-state index is 13.3. The Balaban J connectivity index is 1.70. The zero-order valence-electron chi connectivity index (χ0n) is 18.0. The van der Waals surface area contributed by atoms with Crippen LogP contribution in [0.3, 0.4) is 0 Å². The Hall–Kier alpha value is -4.06. The molecule has 0 radical (unpaired) electrons. The van der Waals surface area contributed by atoms with Crippen molar-refractivity contribution in [1.29, 1.82) is 0 Å². The smallest absolute Gasteiger partial charge is 0.496 e. The van der Waals surface area contributed by atoms with Crippen LogP contribution in [0, 0.1) is 0 Å². The number of allylic oxidation sites excluding steroid dienone is 5. The van der Waals surface area contributed by atoms with Gasteiger partial charge in [0.25, 0.3) is 21.8 Å². The fourth-order valence-electron chi connectivity index (χ4n) is 3.58. The van der Waals surface area contributed by atoms with Crippen molar-refractivity contribution in [3.63, 3.8) is 0 Å². The van der Waals surface area contributed by atoms with Crippen LogP contribution in [0.4, 0.5) is 18.9 Å². The maximum absolute atomic E-state index is 13.3. The van der Waals surface area contributed by atoms with Gasteiger partial charge in [-0.05, 0) is 48.9 Å². The number of carbonyl (C=O) groups excluding carboxylic acids is 2. The van der Waals surface area contributed by atoms with Crippen molar-refractivity contribution < 1.29 is 40.7 Å². The summed E-state index contributed by atoms with van der Waals surface area (Å²) in [6, 6.07) is 6.13. The molecule has 0 unspecified atom stereocenters. The zero-order chi connectivity index (χ0) is 25.4. The number of halogens is 3. The number of imide groups is 1. The number of rotatable bonds is 6. The van der Waals surface area contributed by atoms with Gasteiger partial charge >= 0.3 is 6.36 Å². The van der Waals surface area contributed by atoms with E-state index >= 15 is 0 Å². The number of ether oxygens (including phenoxy) is 2. The van der Waals surface area contributed by atoms with Gasteiger partial charge in [0.05, 0.1) is 28.8 Å². The number of hydrogen-bond acceptors (Lipinski definition) is 6. The molecule has 2 aliphatic rings. The van der Waals surface area contributed by atoms with Crippen LogP contribution < -0.4 is 14.2 Å². The molecule has 0 saturated carbocycles. The molecule has 4 rings (SSSR count). The van der Waals surface area contributed by atoms with Crippen LogP contribution >= 0.6 is 0 Å². The van der Waals surface area contributed by atoms with Gasteiger partial charge in [-0.25, -0.2) is 13.3 Å². The number of fused-ring (bicyclic) bond motifs is 1.